The molecule has 5 nitrogen and oxygen atoms in total. The molecule has 2 N–H and O–H groups in total. The van der Waals surface area contributed by atoms with Gasteiger partial charge in [-0.1, -0.05) is 0 Å². The molecule has 20 heavy (non-hydrogen) atoms. The molecule has 0 aliphatic heterocycles. The summed E-state index contributed by atoms with van der Waals surface area (Å²) < 4.78 is 13.0. The average molecular weight is 270 g/mol. The molecule has 1 aromatic carbocycles. The molecule has 1 heterocycles. The summed E-state index contributed by atoms with van der Waals surface area (Å²) in [5.74, 6) is -0.370. The molecule has 0 unspecified atom stereocenters. The van der Waals surface area contributed by atoms with Crippen LogP contribution in [0.15, 0.2) is 36.5 Å². The molecule has 0 saturated carbocycles. The summed E-state index contributed by atoms with van der Waals surface area (Å²) in [5.41, 5.74) is 0.723. The predicted octanol–water partition coefficient (Wildman–Crippen LogP) is 2.39. The van der Waals surface area contributed by atoms with Crippen LogP contribution in [-0.4, -0.2) is 17.9 Å². The number of pyridine rings is 1. The SMILES string of the molecule is CNc1cc(C(=O)Nc2ccc(F)cc2C#N)ccn1. The summed E-state index contributed by atoms with van der Waals surface area (Å²) >= 11 is 0. The molecule has 100 valence electrons. The van der Waals surface area contributed by atoms with E-state index in [1.807, 2.05) is 6.07 Å². The lowest BCUT2D eigenvalue weighted by molar-refractivity contribution is 0.102. The van der Waals surface area contributed by atoms with Crippen LogP contribution in [0.4, 0.5) is 15.9 Å². The van der Waals surface area contributed by atoms with E-state index in [2.05, 4.69) is 15.6 Å². The van der Waals surface area contributed by atoms with Gasteiger partial charge >= 0.3 is 0 Å². The van der Waals surface area contributed by atoms with E-state index in [4.69, 9.17) is 5.26 Å². The van der Waals surface area contributed by atoms with Gasteiger partial charge in [0.05, 0.1) is 11.3 Å². The van der Waals surface area contributed by atoms with E-state index in [1.54, 1.807) is 19.2 Å². The molecular weight excluding hydrogens is 259 g/mol. The maximum absolute atomic E-state index is 13.0. The first-order valence-corrected chi connectivity index (χ1v) is 5.79. The van der Waals surface area contributed by atoms with E-state index in [0.717, 1.165) is 6.07 Å². The number of aromatic nitrogens is 1. The number of halogens is 1. The molecule has 2 aromatic rings. The van der Waals surface area contributed by atoms with Crippen LogP contribution < -0.4 is 10.6 Å². The first-order valence-electron chi connectivity index (χ1n) is 5.79. The van der Waals surface area contributed by atoms with Crippen LogP contribution in [0, 0.1) is 17.1 Å². The van der Waals surface area contributed by atoms with E-state index in [9.17, 15) is 9.18 Å². The fraction of sp³-hybridized carbons (Fsp3) is 0.0714. The highest BCUT2D eigenvalue weighted by Crippen LogP contribution is 2.17. The van der Waals surface area contributed by atoms with Crippen molar-refractivity contribution in [2.45, 2.75) is 0 Å². The predicted molar refractivity (Wildman–Crippen MR) is 72.9 cm³/mol. The largest absolute Gasteiger partial charge is 0.373 e. The lowest BCUT2D eigenvalue weighted by Gasteiger charge is -2.08. The Morgan fingerprint density at radius 2 is 2.15 bits per heavy atom. The molecule has 6 heteroatoms. The third kappa shape index (κ3) is 2.90. The Balaban J connectivity index is 2.26. The minimum absolute atomic E-state index is 0.0706. The van der Waals surface area contributed by atoms with Gasteiger partial charge in [0.25, 0.3) is 5.91 Å². The van der Waals surface area contributed by atoms with E-state index in [-0.39, 0.29) is 11.3 Å². The number of anilines is 2. The molecule has 0 fully saturated rings. The normalized spacial score (nSPS) is 9.65. The number of nitriles is 1. The van der Waals surface area contributed by atoms with Crippen molar-refractivity contribution in [2.75, 3.05) is 17.7 Å². The third-order valence-electron chi connectivity index (χ3n) is 2.63. The zero-order chi connectivity index (χ0) is 14.5. The molecule has 0 atom stereocenters. The van der Waals surface area contributed by atoms with Gasteiger partial charge in [-0.3, -0.25) is 4.79 Å². The molecule has 0 saturated heterocycles. The minimum atomic E-state index is -0.527. The van der Waals surface area contributed by atoms with Gasteiger partial charge in [0.1, 0.15) is 17.7 Å². The van der Waals surface area contributed by atoms with Crippen LogP contribution in [-0.2, 0) is 0 Å². The fourth-order valence-corrected chi connectivity index (χ4v) is 1.62. The Morgan fingerprint density at radius 3 is 2.85 bits per heavy atom. The monoisotopic (exact) mass is 270 g/mol. The Bertz CT molecular complexity index is 694. The molecule has 2 rings (SSSR count). The van der Waals surface area contributed by atoms with Gasteiger partial charge in [-0.05, 0) is 30.3 Å². The van der Waals surface area contributed by atoms with Crippen molar-refractivity contribution in [1.82, 2.24) is 4.98 Å². The molecule has 1 amide bonds. The molecule has 0 aliphatic rings. The number of amides is 1. The van der Waals surface area contributed by atoms with Crippen molar-refractivity contribution in [3.63, 3.8) is 0 Å². The number of benzene rings is 1. The smallest absolute Gasteiger partial charge is 0.255 e. The quantitative estimate of drug-likeness (QED) is 0.897. The maximum Gasteiger partial charge on any atom is 0.255 e. The summed E-state index contributed by atoms with van der Waals surface area (Å²) in [5, 5.41) is 14.3. The highest BCUT2D eigenvalue weighted by Gasteiger charge is 2.10. The van der Waals surface area contributed by atoms with Crippen LogP contribution in [0.2, 0.25) is 0 Å². The standard InChI is InChI=1S/C14H11FN4O/c1-17-13-7-9(4-5-18-13)14(20)19-12-3-2-11(15)6-10(12)8-16/h2-7H,1H3,(H,17,18)(H,19,20). The van der Waals surface area contributed by atoms with Crippen LogP contribution >= 0.6 is 0 Å². The first kappa shape index (κ1) is 13.5. The van der Waals surface area contributed by atoms with Gasteiger partial charge in [-0.15, -0.1) is 0 Å². The number of carbonyl (C=O) groups excluding carboxylic acids is 1. The van der Waals surface area contributed by atoms with Crippen molar-refractivity contribution in [1.29, 1.82) is 5.26 Å². The minimum Gasteiger partial charge on any atom is -0.373 e. The van der Waals surface area contributed by atoms with E-state index in [0.29, 0.717) is 11.4 Å². The maximum atomic E-state index is 13.0. The summed E-state index contributed by atoms with van der Waals surface area (Å²) in [6.07, 6.45) is 1.50. The van der Waals surface area contributed by atoms with Crippen molar-refractivity contribution >= 4 is 17.4 Å². The van der Waals surface area contributed by atoms with Crippen LogP contribution in [0.25, 0.3) is 0 Å². The van der Waals surface area contributed by atoms with Crippen LogP contribution in [0.1, 0.15) is 15.9 Å². The Hall–Kier alpha value is -2.94. The van der Waals surface area contributed by atoms with E-state index in [1.165, 1.54) is 18.3 Å². The molecular formula is C14H11FN4O. The van der Waals surface area contributed by atoms with Crippen molar-refractivity contribution in [3.8, 4) is 6.07 Å². The van der Waals surface area contributed by atoms with Gasteiger partial charge in [-0.25, -0.2) is 9.37 Å². The van der Waals surface area contributed by atoms with Gasteiger partial charge in [0.2, 0.25) is 0 Å². The number of carbonyl (C=O) groups is 1. The Kier molecular flexibility index (Phi) is 3.91. The highest BCUT2D eigenvalue weighted by atomic mass is 19.1. The lowest BCUT2D eigenvalue weighted by Crippen LogP contribution is -2.13. The second-order valence-corrected chi connectivity index (χ2v) is 3.94. The zero-order valence-corrected chi connectivity index (χ0v) is 10.6. The molecule has 1 aromatic heterocycles. The lowest BCUT2D eigenvalue weighted by atomic mass is 10.1. The van der Waals surface area contributed by atoms with Crippen molar-refractivity contribution in [3.05, 3.63) is 53.5 Å². The zero-order valence-electron chi connectivity index (χ0n) is 10.6. The molecule has 0 bridgehead atoms. The van der Waals surface area contributed by atoms with Gasteiger partial charge in [-0.2, -0.15) is 5.26 Å². The van der Waals surface area contributed by atoms with E-state index >= 15 is 0 Å². The Morgan fingerprint density at radius 1 is 1.35 bits per heavy atom. The number of rotatable bonds is 3. The second kappa shape index (κ2) is 5.80. The van der Waals surface area contributed by atoms with Crippen LogP contribution in [0.3, 0.4) is 0 Å². The summed E-state index contributed by atoms with van der Waals surface area (Å²) in [6, 6.07) is 8.56. The summed E-state index contributed by atoms with van der Waals surface area (Å²) in [6.45, 7) is 0. The van der Waals surface area contributed by atoms with E-state index < -0.39 is 11.7 Å². The first-order chi connectivity index (χ1) is 9.63. The van der Waals surface area contributed by atoms with Crippen molar-refractivity contribution in [2.24, 2.45) is 0 Å². The summed E-state index contributed by atoms with van der Waals surface area (Å²) in [7, 11) is 1.69. The topological polar surface area (TPSA) is 77.8 Å². The number of nitrogens with one attached hydrogen (secondary N) is 2. The van der Waals surface area contributed by atoms with Gasteiger partial charge in [0, 0.05) is 18.8 Å². The summed E-state index contributed by atoms with van der Waals surface area (Å²) in [4.78, 5) is 16.1. The fourth-order valence-electron chi connectivity index (χ4n) is 1.62. The Labute approximate surface area is 115 Å². The molecule has 0 radical (unpaired) electrons. The average Bonchev–Trinajstić information content (AvgIpc) is 2.49. The number of hydrogen-bond donors (Lipinski definition) is 2. The highest BCUT2D eigenvalue weighted by molar-refractivity contribution is 6.05. The van der Waals surface area contributed by atoms with Crippen molar-refractivity contribution < 1.29 is 9.18 Å². The van der Waals surface area contributed by atoms with Gasteiger partial charge in [0.15, 0.2) is 0 Å². The molecule has 0 spiro atoms. The number of hydrogen-bond acceptors (Lipinski definition) is 4. The second-order valence-electron chi connectivity index (χ2n) is 3.94. The van der Waals surface area contributed by atoms with Crippen LogP contribution in [0.5, 0.6) is 0 Å². The van der Waals surface area contributed by atoms with Gasteiger partial charge < -0.3 is 10.6 Å². The molecule has 0 aliphatic carbocycles. The third-order valence-corrected chi connectivity index (χ3v) is 2.63. The number of nitrogens with zero attached hydrogens (tertiary/aromatic N) is 2.